The Morgan fingerprint density at radius 2 is 1.75 bits per heavy atom. The van der Waals surface area contributed by atoms with E-state index in [-0.39, 0.29) is 34.6 Å². The lowest BCUT2D eigenvalue weighted by molar-refractivity contribution is -0.150. The van der Waals surface area contributed by atoms with Gasteiger partial charge in [-0.2, -0.15) is 0 Å². The number of ether oxygens (including phenoxy) is 1. The second kappa shape index (κ2) is 11.0. The fourth-order valence-corrected chi connectivity index (χ4v) is 4.32. The Labute approximate surface area is 192 Å². The van der Waals surface area contributed by atoms with Crippen LogP contribution in [-0.4, -0.2) is 57.8 Å². The highest BCUT2D eigenvalue weighted by atomic mass is 35.5. The molecule has 2 rings (SSSR count). The van der Waals surface area contributed by atoms with Gasteiger partial charge in [-0.25, -0.2) is 8.42 Å². The number of hydrogen-bond acceptors (Lipinski definition) is 6. The molecule has 2 aromatic rings. The first-order chi connectivity index (χ1) is 15.1. The van der Waals surface area contributed by atoms with Gasteiger partial charge < -0.3 is 15.0 Å². The zero-order chi connectivity index (χ0) is 23.9. The van der Waals surface area contributed by atoms with Crippen molar-refractivity contribution in [3.8, 4) is 0 Å². The SMILES string of the molecule is CCN(c1ccccc1)S(=O)(=O)c1ccc(Cl)c(NC(=O)COC(=O)CN(C)C(C)=O)c1. The van der Waals surface area contributed by atoms with Gasteiger partial charge in [0.2, 0.25) is 5.91 Å². The van der Waals surface area contributed by atoms with Gasteiger partial charge in [0.1, 0.15) is 6.54 Å². The Hall–Kier alpha value is -3.11. The van der Waals surface area contributed by atoms with E-state index in [9.17, 15) is 22.8 Å². The van der Waals surface area contributed by atoms with E-state index in [0.29, 0.717) is 5.69 Å². The molecule has 2 amide bonds. The van der Waals surface area contributed by atoms with Crippen molar-refractivity contribution < 1.29 is 27.5 Å². The number of amides is 2. The highest BCUT2D eigenvalue weighted by Gasteiger charge is 2.24. The topological polar surface area (TPSA) is 113 Å². The van der Waals surface area contributed by atoms with Crippen molar-refractivity contribution in [2.45, 2.75) is 18.7 Å². The predicted molar refractivity (Wildman–Crippen MR) is 121 cm³/mol. The number of esters is 1. The molecule has 0 aromatic heterocycles. The average molecular weight is 482 g/mol. The summed E-state index contributed by atoms with van der Waals surface area (Å²) >= 11 is 6.11. The molecule has 1 N–H and O–H groups in total. The number of sulfonamides is 1. The lowest BCUT2D eigenvalue weighted by Gasteiger charge is -2.23. The Balaban J connectivity index is 2.14. The number of nitrogens with one attached hydrogen (secondary N) is 1. The molecule has 0 aliphatic heterocycles. The van der Waals surface area contributed by atoms with E-state index in [2.05, 4.69) is 5.32 Å². The summed E-state index contributed by atoms with van der Waals surface area (Å²) in [6.45, 7) is 2.27. The van der Waals surface area contributed by atoms with Crippen LogP contribution in [0.4, 0.5) is 11.4 Å². The first-order valence-electron chi connectivity index (χ1n) is 9.60. The molecular weight excluding hydrogens is 458 g/mol. The van der Waals surface area contributed by atoms with Gasteiger partial charge in [-0.1, -0.05) is 29.8 Å². The van der Waals surface area contributed by atoms with E-state index in [1.165, 1.54) is 36.5 Å². The summed E-state index contributed by atoms with van der Waals surface area (Å²) in [5, 5.41) is 2.55. The molecule has 0 unspecified atom stereocenters. The molecule has 0 fully saturated rings. The summed E-state index contributed by atoms with van der Waals surface area (Å²) in [6, 6.07) is 12.5. The lowest BCUT2D eigenvalue weighted by atomic mass is 10.3. The molecular formula is C21H24ClN3O6S. The summed E-state index contributed by atoms with van der Waals surface area (Å²) in [6.07, 6.45) is 0. The van der Waals surface area contributed by atoms with Crippen LogP contribution in [0, 0.1) is 0 Å². The molecule has 0 heterocycles. The molecule has 0 radical (unpaired) electrons. The van der Waals surface area contributed by atoms with Crippen LogP contribution in [0.15, 0.2) is 53.4 Å². The molecule has 172 valence electrons. The van der Waals surface area contributed by atoms with Crippen LogP contribution in [0.5, 0.6) is 0 Å². The number of likely N-dealkylation sites (N-methyl/N-ethyl adjacent to an activating group) is 1. The van der Waals surface area contributed by atoms with Crippen molar-refractivity contribution in [3.63, 3.8) is 0 Å². The molecule has 32 heavy (non-hydrogen) atoms. The molecule has 9 nitrogen and oxygen atoms in total. The monoisotopic (exact) mass is 481 g/mol. The first-order valence-corrected chi connectivity index (χ1v) is 11.4. The van der Waals surface area contributed by atoms with E-state index >= 15 is 0 Å². The first kappa shape index (κ1) is 25.2. The van der Waals surface area contributed by atoms with Crippen molar-refractivity contribution >= 4 is 50.8 Å². The van der Waals surface area contributed by atoms with E-state index in [4.69, 9.17) is 16.3 Å². The van der Waals surface area contributed by atoms with Gasteiger partial charge in [-0.15, -0.1) is 0 Å². The standard InChI is InChI=1S/C21H24ClN3O6S/c1-4-25(16-8-6-5-7-9-16)32(29,30)17-10-11-18(22)19(12-17)23-20(27)14-31-21(28)13-24(3)15(2)26/h5-12H,4,13-14H2,1-3H3,(H,23,27). The minimum atomic E-state index is -3.93. The van der Waals surface area contributed by atoms with Crippen molar-refractivity contribution in [3.05, 3.63) is 53.6 Å². The van der Waals surface area contributed by atoms with Crippen molar-refractivity contribution in [1.82, 2.24) is 4.90 Å². The molecule has 0 aliphatic rings. The summed E-state index contributed by atoms with van der Waals surface area (Å²) < 4.78 is 32.4. The van der Waals surface area contributed by atoms with Crippen LogP contribution in [0.1, 0.15) is 13.8 Å². The third-order valence-electron chi connectivity index (χ3n) is 4.40. The predicted octanol–water partition coefficient (Wildman–Crippen LogP) is 2.52. The van der Waals surface area contributed by atoms with Crippen LogP contribution < -0.4 is 9.62 Å². The summed E-state index contributed by atoms with van der Waals surface area (Å²) in [4.78, 5) is 36.1. The van der Waals surface area contributed by atoms with Crippen LogP contribution in [0.3, 0.4) is 0 Å². The van der Waals surface area contributed by atoms with Crippen molar-refractivity contribution in [2.75, 3.05) is 36.4 Å². The molecule has 0 atom stereocenters. The van der Waals surface area contributed by atoms with Crippen LogP contribution >= 0.6 is 11.6 Å². The lowest BCUT2D eigenvalue weighted by Crippen LogP contribution is -2.32. The Bertz CT molecular complexity index is 1090. The van der Waals surface area contributed by atoms with Gasteiger partial charge in [0.25, 0.3) is 15.9 Å². The maximum atomic E-state index is 13.2. The highest BCUT2D eigenvalue weighted by Crippen LogP contribution is 2.29. The second-order valence-electron chi connectivity index (χ2n) is 6.73. The van der Waals surface area contributed by atoms with Gasteiger partial charge >= 0.3 is 5.97 Å². The van der Waals surface area contributed by atoms with E-state index < -0.39 is 28.5 Å². The Morgan fingerprint density at radius 3 is 2.34 bits per heavy atom. The number of rotatable bonds is 9. The van der Waals surface area contributed by atoms with Crippen molar-refractivity contribution in [1.29, 1.82) is 0 Å². The van der Waals surface area contributed by atoms with Crippen LogP contribution in [-0.2, 0) is 29.1 Å². The fourth-order valence-electron chi connectivity index (χ4n) is 2.66. The molecule has 0 saturated carbocycles. The van der Waals surface area contributed by atoms with Crippen LogP contribution in [0.2, 0.25) is 5.02 Å². The van der Waals surface area contributed by atoms with Gasteiger partial charge in [0, 0.05) is 20.5 Å². The van der Waals surface area contributed by atoms with Crippen LogP contribution in [0.25, 0.3) is 0 Å². The molecule has 2 aromatic carbocycles. The average Bonchev–Trinajstić information content (AvgIpc) is 2.74. The number of anilines is 2. The maximum Gasteiger partial charge on any atom is 0.326 e. The number of halogens is 1. The normalized spacial score (nSPS) is 10.9. The van der Waals surface area contributed by atoms with Gasteiger partial charge in [-0.05, 0) is 37.3 Å². The number of para-hydroxylation sites is 1. The smallest absolute Gasteiger partial charge is 0.326 e. The third-order valence-corrected chi connectivity index (χ3v) is 6.63. The summed E-state index contributed by atoms with van der Waals surface area (Å²) in [5.74, 6) is -1.80. The second-order valence-corrected chi connectivity index (χ2v) is 9.00. The zero-order valence-corrected chi connectivity index (χ0v) is 19.4. The van der Waals surface area contributed by atoms with E-state index in [1.807, 2.05) is 0 Å². The maximum absolute atomic E-state index is 13.2. The summed E-state index contributed by atoms with van der Waals surface area (Å²) in [7, 11) is -2.50. The Kier molecular flexibility index (Phi) is 8.62. The highest BCUT2D eigenvalue weighted by molar-refractivity contribution is 7.92. The molecule has 0 bridgehead atoms. The summed E-state index contributed by atoms with van der Waals surface area (Å²) in [5.41, 5.74) is 0.553. The minimum Gasteiger partial charge on any atom is -0.454 e. The fraction of sp³-hybridized carbons (Fsp3) is 0.286. The zero-order valence-electron chi connectivity index (χ0n) is 17.9. The third kappa shape index (κ3) is 6.44. The molecule has 0 spiro atoms. The number of carbonyl (C=O) groups is 3. The Morgan fingerprint density at radius 1 is 1.09 bits per heavy atom. The van der Waals surface area contributed by atoms with Crippen molar-refractivity contribution in [2.24, 2.45) is 0 Å². The van der Waals surface area contributed by atoms with Gasteiger partial charge in [0.15, 0.2) is 6.61 Å². The molecule has 0 aliphatic carbocycles. The number of hydrogen-bond donors (Lipinski definition) is 1. The van der Waals surface area contributed by atoms with E-state index in [1.54, 1.807) is 37.3 Å². The van der Waals surface area contributed by atoms with Gasteiger partial charge in [0.05, 0.1) is 21.3 Å². The van der Waals surface area contributed by atoms with Gasteiger partial charge in [-0.3, -0.25) is 18.7 Å². The number of nitrogens with zero attached hydrogens (tertiary/aromatic N) is 2. The largest absolute Gasteiger partial charge is 0.454 e. The molecule has 0 saturated heterocycles. The minimum absolute atomic E-state index is 0.0544. The van der Waals surface area contributed by atoms with E-state index in [0.717, 1.165) is 4.90 Å². The molecule has 11 heteroatoms. The quantitative estimate of drug-likeness (QED) is 0.550. The number of benzene rings is 2. The number of carbonyl (C=O) groups excluding carboxylic acids is 3.